The van der Waals surface area contributed by atoms with Gasteiger partial charge in [-0.15, -0.1) is 0 Å². The molecule has 1 saturated heterocycles. The van der Waals surface area contributed by atoms with Crippen molar-refractivity contribution in [2.24, 2.45) is 11.8 Å². The van der Waals surface area contributed by atoms with Gasteiger partial charge in [0.2, 0.25) is 11.7 Å². The van der Waals surface area contributed by atoms with Crippen molar-refractivity contribution in [1.82, 2.24) is 20.0 Å². The highest BCUT2D eigenvalue weighted by Crippen LogP contribution is 2.21. The Bertz CT molecular complexity index is 663. The zero-order valence-electron chi connectivity index (χ0n) is 14.0. The fraction of sp³-hybridized carbons (Fsp3) is 0.529. The van der Waals surface area contributed by atoms with Gasteiger partial charge in [0.1, 0.15) is 13.2 Å². The Balaban J connectivity index is 1.48. The van der Waals surface area contributed by atoms with Crippen molar-refractivity contribution in [3.8, 4) is 11.4 Å². The van der Waals surface area contributed by atoms with Crippen LogP contribution in [0.2, 0.25) is 0 Å². The minimum Gasteiger partial charge on any atom is -0.362 e. The summed E-state index contributed by atoms with van der Waals surface area (Å²) in [5.41, 5.74) is 0.826. The fourth-order valence-electron chi connectivity index (χ4n) is 3.12. The zero-order chi connectivity index (χ0) is 16.9. The Morgan fingerprint density at radius 1 is 1.29 bits per heavy atom. The van der Waals surface area contributed by atoms with Gasteiger partial charge in [0.15, 0.2) is 0 Å². The van der Waals surface area contributed by atoms with Crippen LogP contribution >= 0.6 is 0 Å². The van der Waals surface area contributed by atoms with Crippen LogP contribution in [-0.4, -0.2) is 45.6 Å². The fourth-order valence-corrected chi connectivity index (χ4v) is 3.12. The number of hydrogen-bond donors (Lipinski definition) is 0. The summed E-state index contributed by atoms with van der Waals surface area (Å²) in [6, 6.07) is 3.61. The summed E-state index contributed by atoms with van der Waals surface area (Å²) in [6.45, 7) is 6.12. The molecule has 0 aliphatic carbocycles. The van der Waals surface area contributed by atoms with Crippen molar-refractivity contribution in [3.63, 3.8) is 0 Å². The summed E-state index contributed by atoms with van der Waals surface area (Å²) < 4.78 is 10.6. The second kappa shape index (κ2) is 7.53. The van der Waals surface area contributed by atoms with Gasteiger partial charge in [-0.2, -0.15) is 4.98 Å². The lowest BCUT2D eigenvalue weighted by Crippen LogP contribution is -2.44. The molecule has 2 aromatic rings. The average Bonchev–Trinajstić information content (AvgIpc) is 3.03. The number of amides is 1. The number of ether oxygens (including phenoxy) is 1. The minimum absolute atomic E-state index is 0.0160. The Labute approximate surface area is 141 Å². The Morgan fingerprint density at radius 2 is 2.00 bits per heavy atom. The molecule has 3 rings (SSSR count). The van der Waals surface area contributed by atoms with Crippen LogP contribution in [0.15, 0.2) is 29.0 Å². The molecule has 0 spiro atoms. The molecule has 3 heterocycles. The number of hydrogen-bond acceptors (Lipinski definition) is 6. The molecular weight excluding hydrogens is 308 g/mol. The molecule has 0 N–H and O–H groups in total. The molecule has 0 radical (unpaired) electrons. The highest BCUT2D eigenvalue weighted by atomic mass is 16.5. The Morgan fingerprint density at radius 3 is 2.71 bits per heavy atom. The van der Waals surface area contributed by atoms with E-state index < -0.39 is 0 Å². The lowest BCUT2D eigenvalue weighted by atomic mass is 9.92. The van der Waals surface area contributed by atoms with Gasteiger partial charge in [-0.05, 0) is 30.4 Å². The van der Waals surface area contributed by atoms with Crippen LogP contribution < -0.4 is 0 Å². The van der Waals surface area contributed by atoms with Crippen molar-refractivity contribution in [2.75, 3.05) is 19.7 Å². The van der Waals surface area contributed by atoms with Crippen molar-refractivity contribution >= 4 is 5.91 Å². The lowest BCUT2D eigenvalue weighted by Gasteiger charge is -2.34. The van der Waals surface area contributed by atoms with Crippen LogP contribution in [0.25, 0.3) is 11.4 Å². The molecule has 0 unspecified atom stereocenters. The monoisotopic (exact) mass is 330 g/mol. The number of piperidine rings is 1. The maximum absolute atomic E-state index is 12.2. The summed E-state index contributed by atoms with van der Waals surface area (Å²) in [6.07, 6.45) is 4.51. The maximum atomic E-state index is 12.2. The van der Waals surface area contributed by atoms with Gasteiger partial charge in [0, 0.05) is 31.0 Å². The SMILES string of the molecule is C[C@@H]1C[C@@H](C)CN(C(=O)COCc2nc(-c3ccncc3)no2)C1. The van der Waals surface area contributed by atoms with Crippen LogP contribution in [0.5, 0.6) is 0 Å². The molecule has 24 heavy (non-hydrogen) atoms. The predicted molar refractivity (Wildman–Crippen MR) is 86.7 cm³/mol. The number of likely N-dealkylation sites (tertiary alicyclic amines) is 1. The number of rotatable bonds is 5. The van der Waals surface area contributed by atoms with Crippen molar-refractivity contribution in [1.29, 1.82) is 0 Å². The highest BCUT2D eigenvalue weighted by molar-refractivity contribution is 5.77. The molecule has 2 aromatic heterocycles. The van der Waals surface area contributed by atoms with Crippen LogP contribution in [0.4, 0.5) is 0 Å². The Hall–Kier alpha value is -2.28. The van der Waals surface area contributed by atoms with E-state index in [0.717, 1.165) is 18.7 Å². The minimum atomic E-state index is 0.0160. The van der Waals surface area contributed by atoms with Gasteiger partial charge >= 0.3 is 0 Å². The van der Waals surface area contributed by atoms with Crippen LogP contribution in [0.3, 0.4) is 0 Å². The van der Waals surface area contributed by atoms with Crippen molar-refractivity contribution in [2.45, 2.75) is 26.9 Å². The third-order valence-electron chi connectivity index (χ3n) is 4.08. The summed E-state index contributed by atoms with van der Waals surface area (Å²) in [5.74, 6) is 1.94. The van der Waals surface area contributed by atoms with Crippen LogP contribution in [-0.2, 0) is 16.1 Å². The van der Waals surface area contributed by atoms with E-state index in [0.29, 0.717) is 23.6 Å². The standard InChI is InChI=1S/C17H22N4O3/c1-12-7-13(2)9-21(8-12)16(22)11-23-10-15-19-17(20-24-15)14-3-5-18-6-4-14/h3-6,12-13H,7-11H2,1-2H3/t12-,13-/m1/s1. The first-order valence-corrected chi connectivity index (χ1v) is 8.20. The number of carbonyl (C=O) groups excluding carboxylic acids is 1. The first-order valence-electron chi connectivity index (χ1n) is 8.20. The second-order valence-electron chi connectivity index (χ2n) is 6.49. The van der Waals surface area contributed by atoms with Crippen molar-refractivity contribution < 1.29 is 14.1 Å². The largest absolute Gasteiger partial charge is 0.362 e. The number of pyridine rings is 1. The molecule has 0 bridgehead atoms. The van der Waals surface area contributed by atoms with Crippen LogP contribution in [0.1, 0.15) is 26.2 Å². The molecule has 0 aromatic carbocycles. The van der Waals surface area contributed by atoms with E-state index in [-0.39, 0.29) is 19.1 Å². The van der Waals surface area contributed by atoms with Gasteiger partial charge in [-0.1, -0.05) is 19.0 Å². The second-order valence-corrected chi connectivity index (χ2v) is 6.49. The maximum Gasteiger partial charge on any atom is 0.252 e. The molecule has 1 amide bonds. The van der Waals surface area contributed by atoms with E-state index in [1.54, 1.807) is 24.5 Å². The lowest BCUT2D eigenvalue weighted by molar-refractivity contribution is -0.139. The predicted octanol–water partition coefficient (Wildman–Crippen LogP) is 2.15. The quantitative estimate of drug-likeness (QED) is 0.835. The summed E-state index contributed by atoms with van der Waals surface area (Å²) in [5, 5.41) is 3.90. The molecule has 1 aliphatic heterocycles. The van der Waals surface area contributed by atoms with Gasteiger partial charge in [0.25, 0.3) is 5.89 Å². The molecule has 2 atom stereocenters. The summed E-state index contributed by atoms with van der Waals surface area (Å²) in [4.78, 5) is 22.3. The van der Waals surface area contributed by atoms with Crippen LogP contribution in [0, 0.1) is 11.8 Å². The first kappa shape index (κ1) is 16.6. The van der Waals surface area contributed by atoms with E-state index in [1.165, 1.54) is 6.42 Å². The number of carbonyl (C=O) groups is 1. The molecule has 128 valence electrons. The van der Waals surface area contributed by atoms with Gasteiger partial charge in [0.05, 0.1) is 0 Å². The van der Waals surface area contributed by atoms with E-state index in [4.69, 9.17) is 9.26 Å². The first-order chi connectivity index (χ1) is 11.6. The third kappa shape index (κ3) is 4.17. The molecule has 7 heteroatoms. The van der Waals surface area contributed by atoms with E-state index in [2.05, 4.69) is 29.0 Å². The molecule has 1 fully saturated rings. The smallest absolute Gasteiger partial charge is 0.252 e. The summed E-state index contributed by atoms with van der Waals surface area (Å²) >= 11 is 0. The Kier molecular flexibility index (Phi) is 5.20. The summed E-state index contributed by atoms with van der Waals surface area (Å²) in [7, 11) is 0. The molecular formula is C17H22N4O3. The van der Waals surface area contributed by atoms with E-state index in [1.807, 2.05) is 4.90 Å². The van der Waals surface area contributed by atoms with Gasteiger partial charge in [-0.25, -0.2) is 0 Å². The number of nitrogens with zero attached hydrogens (tertiary/aromatic N) is 4. The van der Waals surface area contributed by atoms with Gasteiger partial charge < -0.3 is 14.2 Å². The topological polar surface area (TPSA) is 81.4 Å². The average molecular weight is 330 g/mol. The highest BCUT2D eigenvalue weighted by Gasteiger charge is 2.25. The van der Waals surface area contributed by atoms with E-state index >= 15 is 0 Å². The molecule has 1 aliphatic rings. The zero-order valence-corrected chi connectivity index (χ0v) is 14.0. The van der Waals surface area contributed by atoms with E-state index in [9.17, 15) is 4.79 Å². The molecule has 7 nitrogen and oxygen atoms in total. The molecule has 0 saturated carbocycles. The normalized spacial score (nSPS) is 21.0. The van der Waals surface area contributed by atoms with Gasteiger partial charge in [-0.3, -0.25) is 9.78 Å². The van der Waals surface area contributed by atoms with Crippen molar-refractivity contribution in [3.05, 3.63) is 30.4 Å². The number of aromatic nitrogens is 3. The third-order valence-corrected chi connectivity index (χ3v) is 4.08.